The number of rotatable bonds is 4. The van der Waals surface area contributed by atoms with E-state index in [2.05, 4.69) is 5.43 Å². The van der Waals surface area contributed by atoms with Crippen molar-refractivity contribution in [2.24, 2.45) is 0 Å². The number of nitrogens with one attached hydrogen (secondary N) is 1. The third-order valence-electron chi connectivity index (χ3n) is 3.98. The lowest BCUT2D eigenvalue weighted by Gasteiger charge is -2.30. The van der Waals surface area contributed by atoms with Gasteiger partial charge in [0, 0.05) is 11.1 Å². The topological polar surface area (TPSA) is 77.1 Å². The number of fused-ring (bicyclic) bond motifs is 1. The van der Waals surface area contributed by atoms with Crippen LogP contribution in [0.15, 0.2) is 42.5 Å². The number of carbonyl (C=O) groups is 2. The Morgan fingerprint density at radius 2 is 1.68 bits per heavy atom. The highest BCUT2D eigenvalue weighted by atomic mass is 16.6. The normalized spacial score (nSPS) is 13.0. The molecule has 0 fully saturated rings. The van der Waals surface area contributed by atoms with Crippen LogP contribution in [0.3, 0.4) is 0 Å². The van der Waals surface area contributed by atoms with E-state index in [-0.39, 0.29) is 5.56 Å². The smallest absolute Gasteiger partial charge is 0.279 e. The SMILES string of the molecule is COc1ccccc1C(=O)N(NC(C)(C)C)C(=O)c1ccc2c(c1)OCCO2. The van der Waals surface area contributed by atoms with Gasteiger partial charge in [-0.05, 0) is 51.1 Å². The van der Waals surface area contributed by atoms with E-state index in [1.165, 1.54) is 7.11 Å². The van der Waals surface area contributed by atoms with Crippen LogP contribution in [0.1, 0.15) is 41.5 Å². The Hall–Kier alpha value is -3.06. The monoisotopic (exact) mass is 384 g/mol. The maximum Gasteiger partial charge on any atom is 0.279 e. The molecule has 2 aromatic carbocycles. The van der Waals surface area contributed by atoms with E-state index in [1.807, 2.05) is 20.8 Å². The van der Waals surface area contributed by atoms with Crippen LogP contribution in [-0.2, 0) is 0 Å². The fourth-order valence-electron chi connectivity index (χ4n) is 2.78. The summed E-state index contributed by atoms with van der Waals surface area (Å²) in [6, 6.07) is 11.7. The first-order valence-electron chi connectivity index (χ1n) is 8.99. The van der Waals surface area contributed by atoms with Crippen LogP contribution >= 0.6 is 0 Å². The largest absolute Gasteiger partial charge is 0.496 e. The minimum Gasteiger partial charge on any atom is -0.496 e. The minimum atomic E-state index is -0.527. The Bertz CT molecular complexity index is 889. The third kappa shape index (κ3) is 4.26. The van der Waals surface area contributed by atoms with Gasteiger partial charge >= 0.3 is 0 Å². The van der Waals surface area contributed by atoms with Crippen molar-refractivity contribution >= 4 is 11.8 Å². The summed E-state index contributed by atoms with van der Waals surface area (Å²) in [7, 11) is 1.48. The number of hydrazine groups is 1. The predicted octanol–water partition coefficient (Wildman–Crippen LogP) is 3.05. The summed E-state index contributed by atoms with van der Waals surface area (Å²) >= 11 is 0. The van der Waals surface area contributed by atoms with E-state index in [4.69, 9.17) is 14.2 Å². The van der Waals surface area contributed by atoms with Crippen LogP contribution < -0.4 is 19.6 Å². The first kappa shape index (κ1) is 19.7. The van der Waals surface area contributed by atoms with Crippen molar-refractivity contribution < 1.29 is 23.8 Å². The molecule has 2 amide bonds. The van der Waals surface area contributed by atoms with Gasteiger partial charge in [0.25, 0.3) is 11.8 Å². The number of carbonyl (C=O) groups excluding carboxylic acids is 2. The van der Waals surface area contributed by atoms with Gasteiger partial charge in [0.05, 0.1) is 12.7 Å². The summed E-state index contributed by atoms with van der Waals surface area (Å²) in [6.45, 7) is 6.48. The van der Waals surface area contributed by atoms with E-state index in [0.717, 1.165) is 5.01 Å². The van der Waals surface area contributed by atoms with Crippen molar-refractivity contribution in [3.8, 4) is 17.2 Å². The number of methoxy groups -OCH3 is 1. The van der Waals surface area contributed by atoms with Crippen LogP contribution in [0.5, 0.6) is 17.2 Å². The van der Waals surface area contributed by atoms with Gasteiger partial charge in [0.2, 0.25) is 0 Å². The maximum atomic E-state index is 13.2. The molecule has 0 radical (unpaired) electrons. The summed E-state index contributed by atoms with van der Waals surface area (Å²) < 4.78 is 16.3. The van der Waals surface area contributed by atoms with Crippen molar-refractivity contribution in [1.29, 1.82) is 0 Å². The number of hydrogen-bond donors (Lipinski definition) is 1. The number of imide groups is 1. The van der Waals surface area contributed by atoms with Gasteiger partial charge in [-0.1, -0.05) is 12.1 Å². The fraction of sp³-hybridized carbons (Fsp3) is 0.333. The molecule has 0 saturated heterocycles. The molecule has 0 saturated carbocycles. The molecule has 3 rings (SSSR count). The first-order valence-corrected chi connectivity index (χ1v) is 8.99. The number of nitrogens with zero attached hydrogens (tertiary/aromatic N) is 1. The molecule has 0 unspecified atom stereocenters. The van der Waals surface area contributed by atoms with Crippen molar-refractivity contribution in [2.45, 2.75) is 26.3 Å². The highest BCUT2D eigenvalue weighted by molar-refractivity contribution is 6.11. The molecular formula is C21H24N2O5. The molecule has 0 atom stereocenters. The van der Waals surface area contributed by atoms with Crippen LogP contribution in [0, 0.1) is 0 Å². The zero-order valence-corrected chi connectivity index (χ0v) is 16.4. The molecule has 2 aromatic rings. The molecule has 0 aromatic heterocycles. The number of para-hydroxylation sites is 1. The molecule has 7 heteroatoms. The fourth-order valence-corrected chi connectivity index (χ4v) is 2.78. The zero-order chi connectivity index (χ0) is 20.3. The van der Waals surface area contributed by atoms with Crippen LogP contribution in [0.4, 0.5) is 0 Å². The average molecular weight is 384 g/mol. The van der Waals surface area contributed by atoms with E-state index in [0.29, 0.717) is 36.0 Å². The van der Waals surface area contributed by atoms with Gasteiger partial charge < -0.3 is 14.2 Å². The Labute approximate surface area is 164 Å². The lowest BCUT2D eigenvalue weighted by molar-refractivity contribution is 0.0450. The van der Waals surface area contributed by atoms with Crippen LogP contribution in [-0.4, -0.2) is 42.7 Å². The summed E-state index contributed by atoms with van der Waals surface area (Å²) in [5.74, 6) is 0.449. The molecule has 28 heavy (non-hydrogen) atoms. The van der Waals surface area contributed by atoms with Crippen LogP contribution in [0.25, 0.3) is 0 Å². The van der Waals surface area contributed by atoms with E-state index >= 15 is 0 Å². The standard InChI is InChI=1S/C21H24N2O5/c1-21(2,3)22-23(20(25)15-7-5-6-8-16(15)26-4)19(24)14-9-10-17-18(13-14)28-12-11-27-17/h5-10,13,22H,11-12H2,1-4H3. The minimum absolute atomic E-state index is 0.285. The molecular weight excluding hydrogens is 360 g/mol. The van der Waals surface area contributed by atoms with Gasteiger partial charge in [-0.25, -0.2) is 10.4 Å². The molecule has 1 aliphatic rings. The molecule has 7 nitrogen and oxygen atoms in total. The van der Waals surface area contributed by atoms with Gasteiger partial charge in [0.15, 0.2) is 11.5 Å². The van der Waals surface area contributed by atoms with Crippen molar-refractivity contribution in [3.05, 3.63) is 53.6 Å². The highest BCUT2D eigenvalue weighted by Crippen LogP contribution is 2.31. The quantitative estimate of drug-likeness (QED) is 0.645. The number of ether oxygens (including phenoxy) is 3. The van der Waals surface area contributed by atoms with E-state index in [1.54, 1.807) is 42.5 Å². The van der Waals surface area contributed by atoms with Gasteiger partial charge in [-0.3, -0.25) is 9.59 Å². The molecule has 0 bridgehead atoms. The lowest BCUT2D eigenvalue weighted by Crippen LogP contribution is -2.54. The van der Waals surface area contributed by atoms with Gasteiger partial charge in [0.1, 0.15) is 19.0 Å². The molecule has 1 heterocycles. The van der Waals surface area contributed by atoms with Crippen LogP contribution in [0.2, 0.25) is 0 Å². The summed E-state index contributed by atoms with van der Waals surface area (Å²) in [5.41, 5.74) is 3.06. The Morgan fingerprint density at radius 1 is 1.00 bits per heavy atom. The van der Waals surface area contributed by atoms with Crippen molar-refractivity contribution in [3.63, 3.8) is 0 Å². The molecule has 148 valence electrons. The van der Waals surface area contributed by atoms with Gasteiger partial charge in [-0.2, -0.15) is 0 Å². The summed E-state index contributed by atoms with van der Waals surface area (Å²) in [5, 5.41) is 1.02. The van der Waals surface area contributed by atoms with Crippen molar-refractivity contribution in [2.75, 3.05) is 20.3 Å². The van der Waals surface area contributed by atoms with E-state index in [9.17, 15) is 9.59 Å². The summed E-state index contributed by atoms with van der Waals surface area (Å²) in [4.78, 5) is 26.4. The lowest BCUT2D eigenvalue weighted by atomic mass is 10.1. The van der Waals surface area contributed by atoms with Gasteiger partial charge in [-0.15, -0.1) is 0 Å². The number of amides is 2. The Balaban J connectivity index is 1.97. The van der Waals surface area contributed by atoms with Crippen molar-refractivity contribution in [1.82, 2.24) is 10.4 Å². The zero-order valence-electron chi connectivity index (χ0n) is 16.4. The second-order valence-electron chi connectivity index (χ2n) is 7.37. The highest BCUT2D eigenvalue weighted by Gasteiger charge is 2.30. The second kappa shape index (κ2) is 7.90. The molecule has 1 aliphatic heterocycles. The molecule has 1 N–H and O–H groups in total. The Morgan fingerprint density at radius 3 is 2.36 bits per heavy atom. The Kier molecular flexibility index (Phi) is 5.56. The molecule has 0 spiro atoms. The maximum absolute atomic E-state index is 13.2. The number of benzene rings is 2. The summed E-state index contributed by atoms with van der Waals surface area (Å²) in [6.07, 6.45) is 0. The first-order chi connectivity index (χ1) is 13.3. The van der Waals surface area contributed by atoms with E-state index < -0.39 is 17.4 Å². The average Bonchev–Trinajstić information content (AvgIpc) is 2.70. The molecule has 0 aliphatic carbocycles. The second-order valence-corrected chi connectivity index (χ2v) is 7.37. The predicted molar refractivity (Wildman–Crippen MR) is 104 cm³/mol. The number of hydrogen-bond acceptors (Lipinski definition) is 6. The third-order valence-corrected chi connectivity index (χ3v) is 3.98.